The maximum atomic E-state index is 13.9. The number of nitrogens with zero attached hydrogens (tertiary/aromatic N) is 2. The van der Waals surface area contributed by atoms with Crippen LogP contribution in [0.3, 0.4) is 0 Å². The van der Waals surface area contributed by atoms with Gasteiger partial charge in [0, 0.05) is 25.7 Å². The van der Waals surface area contributed by atoms with Crippen molar-refractivity contribution in [3.05, 3.63) is 30.1 Å². The van der Waals surface area contributed by atoms with Gasteiger partial charge in [0.05, 0.1) is 5.69 Å². The third-order valence-electron chi connectivity index (χ3n) is 5.19. The van der Waals surface area contributed by atoms with Gasteiger partial charge in [-0.05, 0) is 57.5 Å². The summed E-state index contributed by atoms with van der Waals surface area (Å²) < 4.78 is 13.9. The molecule has 6 heteroatoms. The summed E-state index contributed by atoms with van der Waals surface area (Å²) in [5.41, 5.74) is 0.249. The van der Waals surface area contributed by atoms with E-state index in [1.54, 1.807) is 18.2 Å². The van der Waals surface area contributed by atoms with E-state index in [0.717, 1.165) is 45.6 Å². The topological polar surface area (TPSA) is 47.6 Å². The zero-order valence-corrected chi connectivity index (χ0v) is 14.8. The minimum Gasteiger partial charge on any atom is -0.319 e. The summed E-state index contributed by atoms with van der Waals surface area (Å²) >= 11 is 0. The molecule has 1 atom stereocenters. The number of benzene rings is 1. The molecule has 2 amide bonds. The van der Waals surface area contributed by atoms with E-state index in [4.69, 9.17) is 0 Å². The zero-order valence-electron chi connectivity index (χ0n) is 14.8. The molecule has 25 heavy (non-hydrogen) atoms. The highest BCUT2D eigenvalue weighted by atomic mass is 19.1. The third kappa shape index (κ3) is 5.16. The van der Waals surface area contributed by atoms with E-state index >= 15 is 0 Å². The van der Waals surface area contributed by atoms with Gasteiger partial charge in [-0.15, -0.1) is 0 Å². The van der Waals surface area contributed by atoms with Crippen molar-refractivity contribution in [1.82, 2.24) is 15.1 Å². The second-order valence-corrected chi connectivity index (χ2v) is 7.01. The summed E-state index contributed by atoms with van der Waals surface area (Å²) in [4.78, 5) is 17.2. The molecule has 0 saturated carbocycles. The van der Waals surface area contributed by atoms with E-state index in [2.05, 4.69) is 15.5 Å². The van der Waals surface area contributed by atoms with E-state index in [9.17, 15) is 9.18 Å². The van der Waals surface area contributed by atoms with Crippen molar-refractivity contribution in [1.29, 1.82) is 0 Å². The first-order chi connectivity index (χ1) is 12.2. The quantitative estimate of drug-likeness (QED) is 0.860. The molecule has 1 aromatic rings. The number of piperidine rings is 2. The Hall–Kier alpha value is -1.66. The zero-order chi connectivity index (χ0) is 17.5. The average Bonchev–Trinajstić information content (AvgIpc) is 2.65. The van der Waals surface area contributed by atoms with E-state index < -0.39 is 5.82 Å². The number of nitrogens with one attached hydrogen (secondary N) is 2. The van der Waals surface area contributed by atoms with Crippen LogP contribution in [-0.2, 0) is 0 Å². The molecule has 0 aliphatic carbocycles. The first-order valence-corrected chi connectivity index (χ1v) is 9.49. The van der Waals surface area contributed by atoms with Gasteiger partial charge in [-0.2, -0.15) is 0 Å². The predicted octanol–water partition coefficient (Wildman–Crippen LogP) is 2.90. The summed E-state index contributed by atoms with van der Waals surface area (Å²) in [6, 6.07) is 6.31. The second kappa shape index (κ2) is 9.15. The second-order valence-electron chi connectivity index (χ2n) is 7.01. The van der Waals surface area contributed by atoms with Crippen LogP contribution in [0.25, 0.3) is 0 Å². The average molecular weight is 348 g/mol. The lowest BCUT2D eigenvalue weighted by atomic mass is 10.1. The van der Waals surface area contributed by atoms with Gasteiger partial charge in [0.2, 0.25) is 0 Å². The smallest absolute Gasteiger partial charge is 0.319 e. The molecule has 0 spiro atoms. The monoisotopic (exact) mass is 348 g/mol. The lowest BCUT2D eigenvalue weighted by Crippen LogP contribution is -2.52. The Balaban J connectivity index is 1.64. The maximum absolute atomic E-state index is 13.9. The number of amides is 2. The first kappa shape index (κ1) is 18.1. The van der Waals surface area contributed by atoms with Crippen molar-refractivity contribution in [2.45, 2.75) is 38.1 Å². The highest BCUT2D eigenvalue weighted by Crippen LogP contribution is 2.17. The number of carbonyl (C=O) groups is 1. The van der Waals surface area contributed by atoms with Gasteiger partial charge in [-0.3, -0.25) is 0 Å². The normalized spacial score (nSPS) is 21.7. The number of carbonyl (C=O) groups excluding carboxylic acids is 1. The minimum atomic E-state index is -0.395. The maximum Gasteiger partial charge on any atom is 0.322 e. The fourth-order valence-electron chi connectivity index (χ4n) is 3.73. The Morgan fingerprint density at radius 2 is 2.04 bits per heavy atom. The van der Waals surface area contributed by atoms with Crippen molar-refractivity contribution in [2.24, 2.45) is 0 Å². The molecule has 2 aliphatic heterocycles. The van der Waals surface area contributed by atoms with Crippen LogP contribution in [0, 0.1) is 5.82 Å². The highest BCUT2D eigenvalue weighted by Gasteiger charge is 2.26. The van der Waals surface area contributed by atoms with Gasteiger partial charge in [0.25, 0.3) is 0 Å². The number of urea groups is 1. The molecule has 0 aromatic heterocycles. The van der Waals surface area contributed by atoms with E-state index in [-0.39, 0.29) is 17.8 Å². The van der Waals surface area contributed by atoms with Crippen molar-refractivity contribution < 1.29 is 9.18 Å². The third-order valence-corrected chi connectivity index (χ3v) is 5.19. The molecule has 2 fully saturated rings. The lowest BCUT2D eigenvalue weighted by molar-refractivity contribution is 0.148. The highest BCUT2D eigenvalue weighted by molar-refractivity contribution is 5.89. The Morgan fingerprint density at radius 3 is 2.76 bits per heavy atom. The van der Waals surface area contributed by atoms with E-state index in [1.165, 1.54) is 25.3 Å². The predicted molar refractivity (Wildman–Crippen MR) is 98.3 cm³/mol. The summed E-state index contributed by atoms with van der Waals surface area (Å²) in [6.45, 7) is 5.63. The number of para-hydroxylation sites is 1. The van der Waals surface area contributed by atoms with Crippen molar-refractivity contribution >= 4 is 11.7 Å². The van der Waals surface area contributed by atoms with Gasteiger partial charge in [-0.25, -0.2) is 9.18 Å². The molecule has 2 N–H and O–H groups in total. The molecular weight excluding hydrogens is 319 g/mol. The van der Waals surface area contributed by atoms with Gasteiger partial charge < -0.3 is 20.4 Å². The fraction of sp³-hybridized carbons (Fsp3) is 0.632. The van der Waals surface area contributed by atoms with Crippen LogP contribution in [0.1, 0.15) is 32.1 Å². The van der Waals surface area contributed by atoms with Crippen LogP contribution >= 0.6 is 0 Å². The van der Waals surface area contributed by atoms with Gasteiger partial charge in [0.1, 0.15) is 5.82 Å². The van der Waals surface area contributed by atoms with Crippen molar-refractivity contribution in [2.75, 3.05) is 44.6 Å². The Morgan fingerprint density at radius 1 is 1.24 bits per heavy atom. The SMILES string of the molecule is O=C(Nc1ccccc1F)N(CCN1CCCCC1)C1CCCNC1. The van der Waals surface area contributed by atoms with Crippen LogP contribution in [0.5, 0.6) is 0 Å². The van der Waals surface area contributed by atoms with Crippen LogP contribution in [0.4, 0.5) is 14.9 Å². The molecule has 2 heterocycles. The van der Waals surface area contributed by atoms with Crippen LogP contribution in [-0.4, -0.2) is 61.1 Å². The summed E-state index contributed by atoms with van der Waals surface area (Å²) in [5, 5.41) is 6.14. The lowest BCUT2D eigenvalue weighted by Gasteiger charge is -2.36. The Kier molecular flexibility index (Phi) is 6.64. The largest absolute Gasteiger partial charge is 0.322 e. The number of halogens is 1. The Labute approximate surface area is 149 Å². The van der Waals surface area contributed by atoms with Gasteiger partial charge in [0.15, 0.2) is 0 Å². The summed E-state index contributed by atoms with van der Waals surface area (Å²) in [6.07, 6.45) is 5.86. The number of likely N-dealkylation sites (tertiary alicyclic amines) is 1. The van der Waals surface area contributed by atoms with Crippen molar-refractivity contribution in [3.8, 4) is 0 Å². The molecule has 2 aliphatic rings. The minimum absolute atomic E-state index is 0.172. The van der Waals surface area contributed by atoms with E-state index in [0.29, 0.717) is 6.54 Å². The van der Waals surface area contributed by atoms with Crippen LogP contribution in [0.2, 0.25) is 0 Å². The molecule has 0 radical (unpaired) electrons. The molecular formula is C19H29FN4O. The number of hydrogen-bond acceptors (Lipinski definition) is 3. The summed E-state index contributed by atoms with van der Waals surface area (Å²) in [5.74, 6) is -0.395. The molecule has 5 nitrogen and oxygen atoms in total. The molecule has 0 bridgehead atoms. The van der Waals surface area contributed by atoms with E-state index in [1.807, 2.05) is 4.90 Å². The van der Waals surface area contributed by atoms with Gasteiger partial charge >= 0.3 is 6.03 Å². The molecule has 1 unspecified atom stereocenters. The first-order valence-electron chi connectivity index (χ1n) is 9.49. The molecule has 3 rings (SSSR count). The summed E-state index contributed by atoms with van der Waals surface area (Å²) in [7, 11) is 0. The number of hydrogen-bond donors (Lipinski definition) is 2. The number of anilines is 1. The van der Waals surface area contributed by atoms with Crippen molar-refractivity contribution in [3.63, 3.8) is 0 Å². The number of rotatable bonds is 5. The molecule has 1 aromatic carbocycles. The van der Waals surface area contributed by atoms with Gasteiger partial charge in [-0.1, -0.05) is 18.6 Å². The standard InChI is InChI=1S/C19H29FN4O/c20-17-8-2-3-9-18(17)22-19(25)24(16-7-6-10-21-15-16)14-13-23-11-4-1-5-12-23/h2-3,8-9,16,21H,1,4-7,10-15H2,(H,22,25). The fourth-order valence-corrected chi connectivity index (χ4v) is 3.73. The Bertz CT molecular complexity index is 556. The molecule has 138 valence electrons. The van der Waals surface area contributed by atoms with Crippen LogP contribution in [0.15, 0.2) is 24.3 Å². The molecule has 2 saturated heterocycles. The van der Waals surface area contributed by atoms with Crippen LogP contribution < -0.4 is 10.6 Å².